The highest BCUT2D eigenvalue weighted by atomic mass is 32.2. The van der Waals surface area contributed by atoms with E-state index in [1.807, 2.05) is 49.7 Å². The van der Waals surface area contributed by atoms with Gasteiger partial charge < -0.3 is 9.47 Å². The lowest BCUT2D eigenvalue weighted by Crippen LogP contribution is -2.34. The van der Waals surface area contributed by atoms with Gasteiger partial charge in [0.2, 0.25) is 5.91 Å². The molecule has 0 aliphatic heterocycles. The van der Waals surface area contributed by atoms with Gasteiger partial charge in [-0.1, -0.05) is 36.0 Å². The third kappa shape index (κ3) is 3.95. The Labute approximate surface area is 146 Å². The maximum atomic E-state index is 12.3. The van der Waals surface area contributed by atoms with Gasteiger partial charge >= 0.3 is 0 Å². The summed E-state index contributed by atoms with van der Waals surface area (Å²) in [7, 11) is 3.62. The summed E-state index contributed by atoms with van der Waals surface area (Å²) in [6, 6.07) is 10.1. The summed E-state index contributed by atoms with van der Waals surface area (Å²) >= 11 is 1.38. The Bertz CT molecular complexity index is 765. The van der Waals surface area contributed by atoms with E-state index in [9.17, 15) is 4.79 Å². The van der Waals surface area contributed by atoms with Gasteiger partial charge in [0.1, 0.15) is 0 Å². The van der Waals surface area contributed by atoms with Gasteiger partial charge in [-0.05, 0) is 19.4 Å². The Morgan fingerprint density at radius 3 is 2.79 bits per heavy atom. The zero-order chi connectivity index (χ0) is 17.7. The van der Waals surface area contributed by atoms with Gasteiger partial charge in [0.15, 0.2) is 11.0 Å². The van der Waals surface area contributed by atoms with Gasteiger partial charge in [0.25, 0.3) is 0 Å². The van der Waals surface area contributed by atoms with Crippen LogP contribution in [0, 0.1) is 18.3 Å². The molecule has 2 rings (SSSR count). The van der Waals surface area contributed by atoms with E-state index in [2.05, 4.69) is 16.3 Å². The number of carbonyl (C=O) groups is 1. The highest BCUT2D eigenvalue weighted by molar-refractivity contribution is 8.00. The fourth-order valence-electron chi connectivity index (χ4n) is 2.32. The summed E-state index contributed by atoms with van der Waals surface area (Å²) in [5.41, 5.74) is 2.16. The number of nitriles is 1. The van der Waals surface area contributed by atoms with Crippen molar-refractivity contribution in [3.05, 3.63) is 29.8 Å². The highest BCUT2D eigenvalue weighted by Crippen LogP contribution is 2.27. The molecule has 6 nitrogen and oxygen atoms in total. The van der Waals surface area contributed by atoms with Gasteiger partial charge in [-0.2, -0.15) is 5.26 Å². The molecule has 0 aliphatic rings. The Morgan fingerprint density at radius 2 is 2.12 bits per heavy atom. The smallest absolute Gasteiger partial charge is 0.235 e. The number of carbonyl (C=O) groups excluding carboxylic acids is 1. The van der Waals surface area contributed by atoms with E-state index < -0.39 is 0 Å². The molecule has 1 atom stereocenters. The van der Waals surface area contributed by atoms with Crippen molar-refractivity contribution >= 4 is 17.7 Å². The maximum absolute atomic E-state index is 12.3. The standard InChI is InChI=1S/C17H21N5OS/c1-12-8-5-6-9-14(12)15-19-20-17(22(15)4)24-13(2)16(23)21(3)11-7-10-18/h5-6,8-9,13H,7,11H2,1-4H3/t13-/m0/s1. The first-order valence-corrected chi connectivity index (χ1v) is 8.57. The molecule has 0 N–H and O–H groups in total. The van der Waals surface area contributed by atoms with Crippen molar-refractivity contribution in [1.82, 2.24) is 19.7 Å². The predicted octanol–water partition coefficient (Wildman–Crippen LogP) is 2.64. The normalized spacial score (nSPS) is 11.8. The molecule has 1 heterocycles. The largest absolute Gasteiger partial charge is 0.344 e. The van der Waals surface area contributed by atoms with Crippen LogP contribution in [0.3, 0.4) is 0 Å². The first-order chi connectivity index (χ1) is 11.5. The molecular weight excluding hydrogens is 322 g/mol. The maximum Gasteiger partial charge on any atom is 0.235 e. The van der Waals surface area contributed by atoms with Crippen molar-refractivity contribution in [2.45, 2.75) is 30.7 Å². The Hall–Kier alpha value is -2.33. The van der Waals surface area contributed by atoms with Gasteiger partial charge in [-0.15, -0.1) is 10.2 Å². The number of nitrogens with zero attached hydrogens (tertiary/aromatic N) is 5. The van der Waals surface area contributed by atoms with Gasteiger partial charge in [0.05, 0.1) is 17.7 Å². The van der Waals surface area contributed by atoms with Crippen LogP contribution in [0.1, 0.15) is 18.9 Å². The molecule has 7 heteroatoms. The molecule has 126 valence electrons. The topological polar surface area (TPSA) is 74.8 Å². The monoisotopic (exact) mass is 343 g/mol. The van der Waals surface area contributed by atoms with Crippen molar-refractivity contribution in [3.63, 3.8) is 0 Å². The van der Waals surface area contributed by atoms with Gasteiger partial charge in [0, 0.05) is 26.2 Å². The average molecular weight is 343 g/mol. The minimum atomic E-state index is -0.290. The Morgan fingerprint density at radius 1 is 1.42 bits per heavy atom. The molecule has 2 aromatic rings. The fraction of sp³-hybridized carbons (Fsp3) is 0.412. The molecule has 0 aliphatic carbocycles. The highest BCUT2D eigenvalue weighted by Gasteiger charge is 2.22. The molecule has 0 unspecified atom stereocenters. The number of hydrogen-bond donors (Lipinski definition) is 0. The summed E-state index contributed by atoms with van der Waals surface area (Å²) in [5.74, 6) is 0.767. The second-order valence-electron chi connectivity index (χ2n) is 5.61. The van der Waals surface area contributed by atoms with Crippen LogP contribution in [0.2, 0.25) is 0 Å². The number of aromatic nitrogens is 3. The van der Waals surface area contributed by atoms with Crippen molar-refractivity contribution in [2.75, 3.05) is 13.6 Å². The Kier molecular flexibility index (Phi) is 5.99. The van der Waals surface area contributed by atoms with Crippen LogP contribution >= 0.6 is 11.8 Å². The molecule has 0 saturated heterocycles. The van der Waals surface area contributed by atoms with Crippen LogP contribution in [-0.2, 0) is 11.8 Å². The zero-order valence-electron chi connectivity index (χ0n) is 14.4. The van der Waals surface area contributed by atoms with Crippen LogP contribution in [0.25, 0.3) is 11.4 Å². The van der Waals surface area contributed by atoms with E-state index in [0.717, 1.165) is 17.0 Å². The number of amides is 1. The molecule has 0 bridgehead atoms. The first kappa shape index (κ1) is 18.0. The van der Waals surface area contributed by atoms with Crippen LogP contribution < -0.4 is 0 Å². The quantitative estimate of drug-likeness (QED) is 0.754. The van der Waals surface area contributed by atoms with E-state index in [4.69, 9.17) is 5.26 Å². The molecule has 1 amide bonds. The summed E-state index contributed by atoms with van der Waals surface area (Å²) in [6.07, 6.45) is 0.334. The second-order valence-corrected chi connectivity index (χ2v) is 6.92. The van der Waals surface area contributed by atoms with E-state index in [0.29, 0.717) is 18.1 Å². The van der Waals surface area contributed by atoms with Crippen molar-refractivity contribution < 1.29 is 4.79 Å². The Balaban J connectivity index is 2.13. The van der Waals surface area contributed by atoms with Crippen molar-refractivity contribution in [1.29, 1.82) is 5.26 Å². The first-order valence-electron chi connectivity index (χ1n) is 7.69. The van der Waals surface area contributed by atoms with Crippen LogP contribution in [0.5, 0.6) is 0 Å². The summed E-state index contributed by atoms with van der Waals surface area (Å²) in [5, 5.41) is 17.5. The molecule has 0 spiro atoms. The molecule has 1 aromatic carbocycles. The minimum absolute atomic E-state index is 0.0179. The van der Waals surface area contributed by atoms with Gasteiger partial charge in [-0.25, -0.2) is 0 Å². The average Bonchev–Trinajstić information content (AvgIpc) is 2.93. The summed E-state index contributed by atoms with van der Waals surface area (Å²) in [4.78, 5) is 13.9. The molecular formula is C17H21N5OS. The van der Waals surface area contributed by atoms with E-state index in [1.54, 1.807) is 11.9 Å². The predicted molar refractivity (Wildman–Crippen MR) is 94.4 cm³/mol. The zero-order valence-corrected chi connectivity index (χ0v) is 15.2. The van der Waals surface area contributed by atoms with Gasteiger partial charge in [-0.3, -0.25) is 4.79 Å². The lowest BCUT2D eigenvalue weighted by atomic mass is 10.1. The summed E-state index contributed by atoms with van der Waals surface area (Å²) in [6.45, 7) is 4.32. The third-order valence-electron chi connectivity index (χ3n) is 3.79. The number of benzene rings is 1. The lowest BCUT2D eigenvalue weighted by Gasteiger charge is -2.19. The molecule has 0 fully saturated rings. The van der Waals surface area contributed by atoms with Crippen molar-refractivity contribution in [3.8, 4) is 17.5 Å². The van der Waals surface area contributed by atoms with Crippen molar-refractivity contribution in [2.24, 2.45) is 7.05 Å². The summed E-state index contributed by atoms with van der Waals surface area (Å²) < 4.78 is 1.91. The number of aryl methyl sites for hydroxylation is 1. The molecule has 24 heavy (non-hydrogen) atoms. The van der Waals surface area contributed by atoms with Crippen LogP contribution in [-0.4, -0.2) is 44.4 Å². The second kappa shape index (κ2) is 7.97. The number of thioether (sulfide) groups is 1. The molecule has 0 saturated carbocycles. The van der Waals surface area contributed by atoms with Crippen LogP contribution in [0.4, 0.5) is 0 Å². The molecule has 1 aromatic heterocycles. The number of hydrogen-bond acceptors (Lipinski definition) is 5. The van der Waals surface area contributed by atoms with E-state index in [1.165, 1.54) is 11.8 Å². The third-order valence-corrected chi connectivity index (χ3v) is 4.91. The lowest BCUT2D eigenvalue weighted by molar-refractivity contribution is -0.128. The van der Waals surface area contributed by atoms with Crippen LogP contribution in [0.15, 0.2) is 29.4 Å². The van der Waals surface area contributed by atoms with E-state index in [-0.39, 0.29) is 11.2 Å². The number of rotatable bonds is 6. The SMILES string of the molecule is Cc1ccccc1-c1nnc(S[C@@H](C)C(=O)N(C)CCC#N)n1C. The fourth-order valence-corrected chi connectivity index (χ4v) is 3.25. The minimum Gasteiger partial charge on any atom is -0.344 e. The molecule has 0 radical (unpaired) electrons. The van der Waals surface area contributed by atoms with E-state index >= 15 is 0 Å².